The molecule has 0 saturated heterocycles. The van der Waals surface area contributed by atoms with Crippen molar-refractivity contribution in [3.05, 3.63) is 76.8 Å². The van der Waals surface area contributed by atoms with Gasteiger partial charge in [0.15, 0.2) is 0 Å². The Labute approximate surface area is 157 Å². The Morgan fingerprint density at radius 3 is 2.15 bits per heavy atom. The Hall–Kier alpha value is -2.79. The topological polar surface area (TPSA) is 54.9 Å². The number of nitrogens with one attached hydrogen (secondary N) is 1. The van der Waals surface area contributed by atoms with Gasteiger partial charge in [0.25, 0.3) is 5.91 Å². The van der Waals surface area contributed by atoms with E-state index in [4.69, 9.17) is 0 Å². The van der Waals surface area contributed by atoms with Gasteiger partial charge in [-0.25, -0.2) is 0 Å². The van der Waals surface area contributed by atoms with Crippen molar-refractivity contribution in [3.8, 4) is 0 Å². The van der Waals surface area contributed by atoms with Crippen LogP contribution in [-0.2, 0) is 10.2 Å². The number of anilines is 1. The summed E-state index contributed by atoms with van der Waals surface area (Å²) >= 11 is 1.41. The number of rotatable bonds is 4. The minimum Gasteiger partial charge on any atom is -0.296 e. The highest BCUT2D eigenvalue weighted by atomic mass is 32.1. The summed E-state index contributed by atoms with van der Waals surface area (Å²) in [6.45, 7) is 6.22. The lowest BCUT2D eigenvalue weighted by molar-refractivity contribution is -0.111. The van der Waals surface area contributed by atoms with Gasteiger partial charge in [0.05, 0.1) is 0 Å². The molecule has 1 aromatic heterocycles. The van der Waals surface area contributed by atoms with Gasteiger partial charge in [0, 0.05) is 11.0 Å². The van der Waals surface area contributed by atoms with Crippen molar-refractivity contribution >= 4 is 34.0 Å². The van der Waals surface area contributed by atoms with E-state index in [1.54, 1.807) is 0 Å². The van der Waals surface area contributed by atoms with Crippen LogP contribution in [0.5, 0.6) is 0 Å². The molecule has 132 valence electrons. The number of carbonyl (C=O) groups is 1. The third kappa shape index (κ3) is 4.43. The predicted octanol–water partition coefficient (Wildman–Crippen LogP) is 5.01. The van der Waals surface area contributed by atoms with Gasteiger partial charge in [0.2, 0.25) is 5.13 Å². The van der Waals surface area contributed by atoms with Gasteiger partial charge in [0.1, 0.15) is 5.01 Å². The fourth-order valence-electron chi connectivity index (χ4n) is 2.35. The lowest BCUT2D eigenvalue weighted by Crippen LogP contribution is -2.13. The quantitative estimate of drug-likeness (QED) is 0.523. The highest BCUT2D eigenvalue weighted by Crippen LogP contribution is 2.28. The van der Waals surface area contributed by atoms with Crippen molar-refractivity contribution in [2.75, 3.05) is 5.32 Å². The summed E-state index contributed by atoms with van der Waals surface area (Å²) in [5.74, 6) is -0.198. The monoisotopic (exact) mass is 363 g/mol. The van der Waals surface area contributed by atoms with Crippen LogP contribution in [0.3, 0.4) is 0 Å². The summed E-state index contributed by atoms with van der Waals surface area (Å²) in [6, 6.07) is 19.4. The molecule has 0 bridgehead atoms. The van der Waals surface area contributed by atoms with Crippen LogP contribution in [-0.4, -0.2) is 16.1 Å². The molecule has 0 spiro atoms. The van der Waals surface area contributed by atoms with Gasteiger partial charge in [-0.2, -0.15) is 0 Å². The number of carbonyl (C=O) groups excluding carboxylic acids is 1. The Bertz CT molecular complexity index is 909. The molecule has 0 aliphatic heterocycles. The molecule has 0 aliphatic carbocycles. The minimum atomic E-state index is -0.198. The van der Waals surface area contributed by atoms with Crippen molar-refractivity contribution in [1.82, 2.24) is 10.2 Å². The number of hydrogen-bond donors (Lipinski definition) is 1. The van der Waals surface area contributed by atoms with Crippen molar-refractivity contribution in [2.45, 2.75) is 26.2 Å². The number of amides is 1. The Kier molecular flexibility index (Phi) is 5.28. The fourth-order valence-corrected chi connectivity index (χ4v) is 3.15. The van der Waals surface area contributed by atoms with Crippen LogP contribution >= 0.6 is 11.3 Å². The Morgan fingerprint density at radius 2 is 1.58 bits per heavy atom. The zero-order chi connectivity index (χ0) is 18.6. The molecule has 3 rings (SSSR count). The van der Waals surface area contributed by atoms with Crippen LogP contribution in [0.1, 0.15) is 36.9 Å². The largest absolute Gasteiger partial charge is 0.296 e. The maximum atomic E-state index is 12.9. The maximum absolute atomic E-state index is 12.9. The van der Waals surface area contributed by atoms with E-state index in [1.165, 1.54) is 11.3 Å². The van der Waals surface area contributed by atoms with Gasteiger partial charge < -0.3 is 0 Å². The lowest BCUT2D eigenvalue weighted by atomic mass is 9.98. The van der Waals surface area contributed by atoms with Crippen LogP contribution in [0.15, 0.2) is 60.7 Å². The average molecular weight is 363 g/mol. The Balaban J connectivity index is 1.91. The molecule has 0 atom stereocenters. The van der Waals surface area contributed by atoms with E-state index in [-0.39, 0.29) is 11.3 Å². The lowest BCUT2D eigenvalue weighted by Gasteiger charge is -2.12. The van der Waals surface area contributed by atoms with Gasteiger partial charge in [-0.1, -0.05) is 92.8 Å². The molecule has 5 heteroatoms. The number of hydrogen-bond acceptors (Lipinski definition) is 4. The van der Waals surface area contributed by atoms with E-state index in [9.17, 15) is 4.79 Å². The fraction of sp³-hybridized carbons (Fsp3) is 0.190. The Morgan fingerprint density at radius 1 is 0.962 bits per heavy atom. The average Bonchev–Trinajstić information content (AvgIpc) is 3.10. The number of nitrogens with zero attached hydrogens (tertiary/aromatic N) is 2. The summed E-state index contributed by atoms with van der Waals surface area (Å²) in [4.78, 5) is 12.9. The van der Waals surface area contributed by atoms with Crippen LogP contribution in [0.4, 0.5) is 5.13 Å². The molecule has 26 heavy (non-hydrogen) atoms. The molecular formula is C21H21N3OS. The van der Waals surface area contributed by atoms with Crippen LogP contribution in [0, 0.1) is 0 Å². The summed E-state index contributed by atoms with van der Waals surface area (Å²) in [5.41, 5.74) is 2.32. The van der Waals surface area contributed by atoms with Gasteiger partial charge in [-0.3, -0.25) is 10.1 Å². The minimum absolute atomic E-state index is 0.0945. The zero-order valence-corrected chi connectivity index (χ0v) is 15.9. The molecule has 2 aromatic carbocycles. The smallest absolute Gasteiger partial charge is 0.258 e. The summed E-state index contributed by atoms with van der Waals surface area (Å²) in [6.07, 6.45) is 1.89. The summed E-state index contributed by atoms with van der Waals surface area (Å²) in [7, 11) is 0. The van der Waals surface area contributed by atoms with E-state index in [0.717, 1.165) is 16.1 Å². The highest BCUT2D eigenvalue weighted by molar-refractivity contribution is 7.15. The molecular weight excluding hydrogens is 342 g/mol. The standard InChI is InChI=1S/C21H21N3OS/c1-21(2,3)19-23-24-20(26-19)22-18(25)17(16-12-8-5-9-13-16)14-15-10-6-4-7-11-15/h4-14H,1-3H3,(H,22,24,25)/b17-14-. The first-order valence-corrected chi connectivity index (χ1v) is 9.22. The van der Waals surface area contributed by atoms with Crippen molar-refractivity contribution < 1.29 is 4.79 Å². The first-order valence-electron chi connectivity index (χ1n) is 8.41. The third-order valence-electron chi connectivity index (χ3n) is 3.73. The van der Waals surface area contributed by atoms with Gasteiger partial charge in [-0.15, -0.1) is 10.2 Å². The second-order valence-electron chi connectivity index (χ2n) is 6.95. The molecule has 1 amide bonds. The molecule has 1 heterocycles. The van der Waals surface area contributed by atoms with Gasteiger partial charge >= 0.3 is 0 Å². The van der Waals surface area contributed by atoms with Crippen LogP contribution < -0.4 is 5.32 Å². The molecule has 0 radical (unpaired) electrons. The molecule has 0 aliphatic rings. The van der Waals surface area contributed by atoms with Crippen molar-refractivity contribution in [1.29, 1.82) is 0 Å². The third-order valence-corrected chi connectivity index (χ3v) is 4.99. The molecule has 0 saturated carbocycles. The normalized spacial score (nSPS) is 12.0. The highest BCUT2D eigenvalue weighted by Gasteiger charge is 2.21. The molecule has 0 fully saturated rings. The van der Waals surface area contributed by atoms with E-state index in [2.05, 4.69) is 36.3 Å². The summed E-state index contributed by atoms with van der Waals surface area (Å²) in [5, 5.41) is 12.6. The van der Waals surface area contributed by atoms with Crippen molar-refractivity contribution in [3.63, 3.8) is 0 Å². The second kappa shape index (κ2) is 7.62. The second-order valence-corrected chi connectivity index (χ2v) is 7.93. The van der Waals surface area contributed by atoms with E-state index in [0.29, 0.717) is 10.7 Å². The van der Waals surface area contributed by atoms with Crippen LogP contribution in [0.2, 0.25) is 0 Å². The SMILES string of the molecule is CC(C)(C)c1nnc(NC(=O)/C(=C\c2ccccc2)c2ccccc2)s1. The number of aromatic nitrogens is 2. The number of benzene rings is 2. The summed E-state index contributed by atoms with van der Waals surface area (Å²) < 4.78 is 0. The molecule has 3 aromatic rings. The molecule has 0 unspecified atom stereocenters. The first kappa shape index (κ1) is 18.0. The maximum Gasteiger partial charge on any atom is 0.258 e. The molecule has 1 N–H and O–H groups in total. The van der Waals surface area contributed by atoms with Gasteiger partial charge in [-0.05, 0) is 17.2 Å². The van der Waals surface area contributed by atoms with E-state index < -0.39 is 0 Å². The predicted molar refractivity (Wildman–Crippen MR) is 108 cm³/mol. The van der Waals surface area contributed by atoms with E-state index >= 15 is 0 Å². The molecule has 4 nitrogen and oxygen atoms in total. The zero-order valence-electron chi connectivity index (χ0n) is 15.1. The van der Waals surface area contributed by atoms with Crippen LogP contribution in [0.25, 0.3) is 11.6 Å². The van der Waals surface area contributed by atoms with Crippen molar-refractivity contribution in [2.24, 2.45) is 0 Å². The first-order chi connectivity index (χ1) is 12.4. The van der Waals surface area contributed by atoms with E-state index in [1.807, 2.05) is 66.7 Å².